The zero-order chi connectivity index (χ0) is 12.5. The van der Waals surface area contributed by atoms with Crippen molar-refractivity contribution >= 4 is 5.88 Å². The fraction of sp³-hybridized carbons (Fsp3) is 0.0769. The Morgan fingerprint density at radius 1 is 1.17 bits per heavy atom. The molecule has 0 aliphatic rings. The van der Waals surface area contributed by atoms with Crippen molar-refractivity contribution in [3.05, 3.63) is 42.6 Å². The van der Waals surface area contributed by atoms with Crippen LogP contribution in [0.1, 0.15) is 0 Å². The van der Waals surface area contributed by atoms with E-state index in [1.165, 1.54) is 0 Å². The smallest absolute Gasteiger partial charge is 0.230 e. The van der Waals surface area contributed by atoms with Gasteiger partial charge in [0.25, 0.3) is 0 Å². The number of aromatic nitrogens is 3. The molecule has 0 spiro atoms. The summed E-state index contributed by atoms with van der Waals surface area (Å²) in [5.74, 6) is 0.307. The first-order valence-corrected chi connectivity index (χ1v) is 5.56. The van der Waals surface area contributed by atoms with E-state index in [9.17, 15) is 0 Å². The van der Waals surface area contributed by atoms with Crippen LogP contribution in [0.2, 0.25) is 0 Å². The van der Waals surface area contributed by atoms with E-state index in [-0.39, 0.29) is 0 Å². The highest BCUT2D eigenvalue weighted by atomic mass is 16.5. The molecule has 0 amide bonds. The summed E-state index contributed by atoms with van der Waals surface area (Å²) in [5.41, 5.74) is 9.02. The third-order valence-corrected chi connectivity index (χ3v) is 2.74. The molecule has 0 aliphatic heterocycles. The molecule has 2 heterocycles. The summed E-state index contributed by atoms with van der Waals surface area (Å²) in [4.78, 5) is 0. The number of nitrogen functional groups attached to an aromatic ring is 1. The van der Waals surface area contributed by atoms with E-state index in [0.29, 0.717) is 11.6 Å². The second-order valence-electron chi connectivity index (χ2n) is 4.01. The molecule has 3 aromatic rings. The SMILES string of the molecule is Cn1ccc(-c2noc(N)c2-c2ccccc2)n1. The maximum absolute atomic E-state index is 5.85. The van der Waals surface area contributed by atoms with Crippen LogP contribution in [0.4, 0.5) is 5.88 Å². The van der Waals surface area contributed by atoms with Crippen molar-refractivity contribution in [2.75, 3.05) is 5.73 Å². The number of hydrogen-bond acceptors (Lipinski definition) is 4. The lowest BCUT2D eigenvalue weighted by molar-refractivity contribution is 0.439. The normalized spacial score (nSPS) is 10.7. The fourth-order valence-corrected chi connectivity index (χ4v) is 1.90. The molecule has 5 nitrogen and oxygen atoms in total. The van der Waals surface area contributed by atoms with Gasteiger partial charge in [-0.25, -0.2) is 0 Å². The fourth-order valence-electron chi connectivity index (χ4n) is 1.90. The molecule has 5 heteroatoms. The monoisotopic (exact) mass is 240 g/mol. The Morgan fingerprint density at radius 2 is 1.94 bits per heavy atom. The van der Waals surface area contributed by atoms with E-state index in [4.69, 9.17) is 10.3 Å². The van der Waals surface area contributed by atoms with E-state index < -0.39 is 0 Å². The van der Waals surface area contributed by atoms with Crippen LogP contribution in [0, 0.1) is 0 Å². The molecule has 0 radical (unpaired) electrons. The summed E-state index contributed by atoms with van der Waals surface area (Å²) in [6, 6.07) is 11.7. The summed E-state index contributed by atoms with van der Waals surface area (Å²) in [6.07, 6.45) is 1.86. The zero-order valence-corrected chi connectivity index (χ0v) is 9.87. The van der Waals surface area contributed by atoms with Crippen LogP contribution in [-0.4, -0.2) is 14.9 Å². The molecule has 1 aromatic carbocycles. The Morgan fingerprint density at radius 3 is 2.61 bits per heavy atom. The molecule has 0 atom stereocenters. The lowest BCUT2D eigenvalue weighted by Gasteiger charge is -1.99. The van der Waals surface area contributed by atoms with E-state index in [2.05, 4.69) is 10.3 Å². The number of rotatable bonds is 2. The molecule has 3 rings (SSSR count). The van der Waals surface area contributed by atoms with Crippen molar-refractivity contribution < 1.29 is 4.52 Å². The number of anilines is 1. The Hall–Kier alpha value is -2.56. The third-order valence-electron chi connectivity index (χ3n) is 2.74. The second kappa shape index (κ2) is 4.03. The predicted octanol–water partition coefficient (Wildman–Crippen LogP) is 2.32. The van der Waals surface area contributed by atoms with Gasteiger partial charge in [0.2, 0.25) is 5.88 Å². The quantitative estimate of drug-likeness (QED) is 0.746. The van der Waals surface area contributed by atoms with Gasteiger partial charge in [0.15, 0.2) is 0 Å². The largest absolute Gasteiger partial charge is 0.367 e. The van der Waals surface area contributed by atoms with Gasteiger partial charge >= 0.3 is 0 Å². The van der Waals surface area contributed by atoms with Gasteiger partial charge in [-0.3, -0.25) is 4.68 Å². The van der Waals surface area contributed by atoms with E-state index >= 15 is 0 Å². The summed E-state index contributed by atoms with van der Waals surface area (Å²) < 4.78 is 6.81. The Bertz CT molecular complexity index is 669. The lowest BCUT2D eigenvalue weighted by atomic mass is 10.0. The maximum Gasteiger partial charge on any atom is 0.230 e. The van der Waals surface area contributed by atoms with Crippen molar-refractivity contribution in [1.29, 1.82) is 0 Å². The van der Waals surface area contributed by atoms with Crippen molar-refractivity contribution in [2.45, 2.75) is 0 Å². The molecule has 0 fully saturated rings. The topological polar surface area (TPSA) is 69.9 Å². The molecule has 90 valence electrons. The molecular formula is C13H12N4O. The Labute approximate surface area is 104 Å². The van der Waals surface area contributed by atoms with Crippen LogP contribution in [0.15, 0.2) is 47.1 Å². The van der Waals surface area contributed by atoms with Crippen LogP contribution in [0.3, 0.4) is 0 Å². The number of benzene rings is 1. The van der Waals surface area contributed by atoms with Gasteiger partial charge in [-0.1, -0.05) is 35.5 Å². The summed E-state index contributed by atoms with van der Waals surface area (Å²) >= 11 is 0. The maximum atomic E-state index is 5.85. The van der Waals surface area contributed by atoms with Gasteiger partial charge < -0.3 is 10.3 Å². The predicted molar refractivity (Wildman–Crippen MR) is 68.6 cm³/mol. The molecule has 2 N–H and O–H groups in total. The average molecular weight is 240 g/mol. The lowest BCUT2D eigenvalue weighted by Crippen LogP contribution is -1.90. The Balaban J connectivity index is 2.18. The van der Waals surface area contributed by atoms with E-state index in [1.54, 1.807) is 4.68 Å². The van der Waals surface area contributed by atoms with Gasteiger partial charge in [-0.15, -0.1) is 0 Å². The molecule has 0 unspecified atom stereocenters. The second-order valence-corrected chi connectivity index (χ2v) is 4.01. The van der Waals surface area contributed by atoms with Crippen molar-refractivity contribution in [2.24, 2.45) is 7.05 Å². The van der Waals surface area contributed by atoms with Crippen molar-refractivity contribution in [1.82, 2.24) is 14.9 Å². The first-order valence-electron chi connectivity index (χ1n) is 5.56. The average Bonchev–Trinajstić information content (AvgIpc) is 2.96. The zero-order valence-electron chi connectivity index (χ0n) is 9.87. The molecule has 2 aromatic heterocycles. The molecular weight excluding hydrogens is 228 g/mol. The van der Waals surface area contributed by atoms with Crippen LogP contribution in [0.5, 0.6) is 0 Å². The van der Waals surface area contributed by atoms with Crippen molar-refractivity contribution in [3.8, 4) is 22.5 Å². The number of nitrogens with two attached hydrogens (primary N) is 1. The van der Waals surface area contributed by atoms with Gasteiger partial charge in [-0.2, -0.15) is 5.10 Å². The summed E-state index contributed by atoms with van der Waals surface area (Å²) in [7, 11) is 1.86. The highest BCUT2D eigenvalue weighted by Gasteiger charge is 2.18. The first-order chi connectivity index (χ1) is 8.75. The summed E-state index contributed by atoms with van der Waals surface area (Å²) in [6.45, 7) is 0. The molecule has 0 bridgehead atoms. The van der Waals surface area contributed by atoms with Crippen LogP contribution in [-0.2, 0) is 7.05 Å². The van der Waals surface area contributed by atoms with Gasteiger partial charge in [0, 0.05) is 13.2 Å². The number of hydrogen-bond donors (Lipinski definition) is 1. The third kappa shape index (κ3) is 1.66. The Kier molecular flexibility index (Phi) is 2.37. The van der Waals surface area contributed by atoms with Gasteiger partial charge in [0.05, 0.1) is 5.56 Å². The minimum absolute atomic E-state index is 0.307. The van der Waals surface area contributed by atoms with Crippen LogP contribution >= 0.6 is 0 Å². The minimum atomic E-state index is 0.307. The molecule has 0 saturated carbocycles. The van der Waals surface area contributed by atoms with Gasteiger partial charge in [-0.05, 0) is 11.6 Å². The number of aryl methyl sites for hydroxylation is 1. The highest BCUT2D eigenvalue weighted by molar-refractivity contribution is 5.85. The summed E-state index contributed by atoms with van der Waals surface area (Å²) in [5, 5.41) is 8.32. The van der Waals surface area contributed by atoms with Gasteiger partial charge in [0.1, 0.15) is 11.4 Å². The number of nitrogens with zero attached hydrogens (tertiary/aromatic N) is 3. The van der Waals surface area contributed by atoms with Crippen LogP contribution in [0.25, 0.3) is 22.5 Å². The molecule has 0 aliphatic carbocycles. The van der Waals surface area contributed by atoms with Crippen molar-refractivity contribution in [3.63, 3.8) is 0 Å². The standard InChI is InChI=1S/C13H12N4O/c1-17-8-7-10(15-17)12-11(13(14)18-16-12)9-5-3-2-4-6-9/h2-8H,14H2,1H3. The molecule has 0 saturated heterocycles. The molecule has 18 heavy (non-hydrogen) atoms. The van der Waals surface area contributed by atoms with E-state index in [1.807, 2.05) is 49.6 Å². The van der Waals surface area contributed by atoms with E-state index in [0.717, 1.165) is 16.8 Å². The minimum Gasteiger partial charge on any atom is -0.367 e. The first kappa shape index (κ1) is 10.6. The highest BCUT2D eigenvalue weighted by Crippen LogP contribution is 2.34. The van der Waals surface area contributed by atoms with Crippen LogP contribution < -0.4 is 5.73 Å².